The number of carbonyl (C=O) groups excluding carboxylic acids is 1. The van der Waals surface area contributed by atoms with Crippen molar-refractivity contribution in [1.29, 1.82) is 0 Å². The number of hydrogen-bond donors (Lipinski definition) is 1. The van der Waals surface area contributed by atoms with E-state index in [9.17, 15) is 9.18 Å². The van der Waals surface area contributed by atoms with Crippen molar-refractivity contribution in [2.75, 3.05) is 25.4 Å². The molecule has 0 unspecified atom stereocenters. The minimum absolute atomic E-state index is 0.00113. The summed E-state index contributed by atoms with van der Waals surface area (Å²) in [6.45, 7) is 2.10. The average Bonchev–Trinajstić information content (AvgIpc) is 3.46. The Morgan fingerprint density at radius 3 is 2.71 bits per heavy atom. The van der Waals surface area contributed by atoms with Crippen molar-refractivity contribution < 1.29 is 19.1 Å². The molecule has 1 saturated heterocycles. The second kappa shape index (κ2) is 8.83. The Bertz CT molecular complexity index is 1450. The molecule has 1 amide bonds. The molecule has 0 aliphatic carbocycles. The second-order valence-electron chi connectivity index (χ2n) is 8.34. The largest absolute Gasteiger partial charge is 0.442 e. The van der Waals surface area contributed by atoms with E-state index in [-0.39, 0.29) is 17.5 Å². The Morgan fingerprint density at radius 1 is 1.24 bits per heavy atom. The van der Waals surface area contributed by atoms with E-state index in [1.807, 2.05) is 6.07 Å². The number of amides is 1. The molecule has 34 heavy (non-hydrogen) atoms. The third-order valence-corrected chi connectivity index (χ3v) is 5.69. The van der Waals surface area contributed by atoms with E-state index in [2.05, 4.69) is 20.3 Å². The maximum Gasteiger partial charge on any atom is 0.278 e. The van der Waals surface area contributed by atoms with E-state index in [1.54, 1.807) is 42.8 Å². The number of rotatable bonds is 6. The summed E-state index contributed by atoms with van der Waals surface area (Å²) in [6, 6.07) is 8.09. The number of pyridine rings is 1. The van der Waals surface area contributed by atoms with Crippen LogP contribution in [-0.2, 0) is 0 Å². The van der Waals surface area contributed by atoms with Gasteiger partial charge in [-0.15, -0.1) is 0 Å². The number of aromatic nitrogens is 4. The molecule has 1 N–H and O–H groups in total. The van der Waals surface area contributed by atoms with E-state index in [0.29, 0.717) is 35.9 Å². The molecule has 0 spiro atoms. The van der Waals surface area contributed by atoms with Crippen LogP contribution in [0.1, 0.15) is 47.3 Å². The highest BCUT2D eigenvalue weighted by Crippen LogP contribution is 2.33. The molecule has 0 atom stereocenters. The molecule has 8 nitrogen and oxygen atoms in total. The van der Waals surface area contributed by atoms with E-state index < -0.39 is 24.7 Å². The summed E-state index contributed by atoms with van der Waals surface area (Å²) in [4.78, 5) is 27.3. The number of carbonyl (C=O) groups is 1. The zero-order valence-corrected chi connectivity index (χ0v) is 18.6. The summed E-state index contributed by atoms with van der Waals surface area (Å²) in [5.41, 5.74) is 2.31. The Hall–Kier alpha value is -3.85. The van der Waals surface area contributed by atoms with Crippen molar-refractivity contribution in [2.24, 2.45) is 0 Å². The number of benzene rings is 1. The Labute approximate surface area is 202 Å². The zero-order chi connectivity index (χ0) is 27.2. The van der Waals surface area contributed by atoms with Crippen molar-refractivity contribution in [1.82, 2.24) is 24.4 Å². The number of anilines is 1. The number of likely N-dealkylation sites (tertiary alicyclic amines) is 1. The van der Waals surface area contributed by atoms with Gasteiger partial charge < -0.3 is 19.2 Å². The highest BCUT2D eigenvalue weighted by molar-refractivity contribution is 6.02. The molecule has 4 heterocycles. The van der Waals surface area contributed by atoms with Gasteiger partial charge in [0, 0.05) is 40.9 Å². The van der Waals surface area contributed by atoms with Gasteiger partial charge in [0.05, 0.1) is 7.70 Å². The number of nitrogens with one attached hydrogen (secondary N) is 1. The van der Waals surface area contributed by atoms with Gasteiger partial charge in [0.2, 0.25) is 5.89 Å². The van der Waals surface area contributed by atoms with Crippen LogP contribution >= 0.6 is 0 Å². The number of halogens is 1. The topological polar surface area (TPSA) is 89.1 Å². The normalized spacial score (nSPS) is 16.8. The van der Waals surface area contributed by atoms with Crippen LogP contribution in [0.2, 0.25) is 0 Å². The van der Waals surface area contributed by atoms with Crippen LogP contribution in [0.3, 0.4) is 0 Å². The molecule has 1 aliphatic heterocycles. The van der Waals surface area contributed by atoms with E-state index in [1.165, 1.54) is 29.6 Å². The van der Waals surface area contributed by atoms with Gasteiger partial charge in [-0.1, -0.05) is 6.07 Å². The molecular weight excluding hydrogens is 435 g/mol. The number of oxazole rings is 1. The molecule has 0 saturated carbocycles. The number of nitrogens with zero attached hydrogens (tertiary/aromatic N) is 5. The summed E-state index contributed by atoms with van der Waals surface area (Å²) < 4.78 is 51.5. The van der Waals surface area contributed by atoms with E-state index in [4.69, 9.17) is 9.90 Å². The van der Waals surface area contributed by atoms with Gasteiger partial charge in [-0.2, -0.15) is 0 Å². The van der Waals surface area contributed by atoms with Gasteiger partial charge in [-0.25, -0.2) is 19.3 Å². The first-order chi connectivity index (χ1) is 17.9. The van der Waals surface area contributed by atoms with Crippen LogP contribution in [0.5, 0.6) is 0 Å². The average molecular weight is 465 g/mol. The fourth-order valence-corrected chi connectivity index (χ4v) is 3.79. The molecule has 0 radical (unpaired) electrons. The van der Waals surface area contributed by atoms with Crippen LogP contribution in [-0.4, -0.2) is 50.4 Å². The summed E-state index contributed by atoms with van der Waals surface area (Å²) in [5.74, 6) is -0.471. The Kier molecular flexibility index (Phi) is 4.57. The lowest BCUT2D eigenvalue weighted by atomic mass is 9.93. The number of hydrogen-bond acceptors (Lipinski definition) is 6. The lowest BCUT2D eigenvalue weighted by Crippen LogP contribution is -2.41. The van der Waals surface area contributed by atoms with E-state index in [0.717, 1.165) is 5.56 Å². The molecule has 9 heteroatoms. The number of imidazole rings is 1. The first kappa shape index (κ1) is 17.6. The first-order valence-corrected chi connectivity index (χ1v) is 10.7. The van der Waals surface area contributed by atoms with Gasteiger partial charge in [-0.3, -0.25) is 4.79 Å². The molecule has 1 aliphatic rings. The maximum atomic E-state index is 13.5. The monoisotopic (exact) mass is 464 g/mol. The smallest absolute Gasteiger partial charge is 0.278 e. The molecule has 4 aromatic rings. The Morgan fingerprint density at radius 2 is 2.03 bits per heavy atom. The lowest BCUT2D eigenvalue weighted by Gasteiger charge is -2.36. The second-order valence-corrected chi connectivity index (χ2v) is 8.34. The van der Waals surface area contributed by atoms with Crippen LogP contribution in [0.4, 0.5) is 10.2 Å². The van der Waals surface area contributed by atoms with Gasteiger partial charge >= 0.3 is 0 Å². The first-order valence-electron chi connectivity index (χ1n) is 12.7. The standard InChI is InChI=1S/C25H25FN6O2/c1-15(2)32-14-28-22(16-4-7-19(26)8-5-16)23(32)25-29-20(13-34-25)24(33)30-21-9-6-17(10-27-21)18-11-31(3)12-18/h4-10,13-15,18H,11-12H2,1-3H3,(H,27,30,33)/i3D3,15D. The van der Waals surface area contributed by atoms with Crippen molar-refractivity contribution in [3.05, 3.63) is 72.3 Å². The zero-order valence-electron chi connectivity index (χ0n) is 22.6. The fraction of sp³-hybridized carbons (Fsp3) is 0.280. The molecule has 1 fully saturated rings. The van der Waals surface area contributed by atoms with Crippen molar-refractivity contribution in [3.63, 3.8) is 0 Å². The SMILES string of the molecule is [2H]C([2H])([2H])N1CC(c2ccc(NC(=O)c3coc(-c4c(-c5ccc(F)cc5)ncn4C([2H])(C)C)n3)nc2)C1. The third kappa shape index (κ3) is 4.22. The van der Waals surface area contributed by atoms with Gasteiger partial charge in [0.15, 0.2) is 5.69 Å². The van der Waals surface area contributed by atoms with Crippen LogP contribution < -0.4 is 5.32 Å². The van der Waals surface area contributed by atoms with Crippen LogP contribution in [0, 0.1) is 5.82 Å². The predicted molar refractivity (Wildman–Crippen MR) is 126 cm³/mol. The fourth-order valence-electron chi connectivity index (χ4n) is 3.79. The molecule has 5 rings (SSSR count). The number of likely N-dealkylation sites (N-methyl/N-ethyl adjacent to an activating group) is 1. The Balaban J connectivity index is 1.34. The highest BCUT2D eigenvalue weighted by Gasteiger charge is 2.25. The predicted octanol–water partition coefficient (Wildman–Crippen LogP) is 4.60. The maximum absolute atomic E-state index is 13.5. The van der Waals surface area contributed by atoms with Gasteiger partial charge in [0.1, 0.15) is 29.3 Å². The minimum atomic E-state index is -2.10. The van der Waals surface area contributed by atoms with Crippen LogP contribution in [0.15, 0.2) is 59.6 Å². The van der Waals surface area contributed by atoms with Crippen molar-refractivity contribution in [2.45, 2.75) is 25.8 Å². The van der Waals surface area contributed by atoms with Gasteiger partial charge in [-0.05, 0) is 56.7 Å². The molecule has 0 bridgehead atoms. The third-order valence-electron chi connectivity index (χ3n) is 5.69. The molecule has 1 aromatic carbocycles. The quantitative estimate of drug-likeness (QED) is 0.449. The lowest BCUT2D eigenvalue weighted by molar-refractivity contribution is 0.102. The minimum Gasteiger partial charge on any atom is -0.442 e. The summed E-state index contributed by atoms with van der Waals surface area (Å²) in [5, 5.41) is 2.68. The van der Waals surface area contributed by atoms with E-state index >= 15 is 0 Å². The summed E-state index contributed by atoms with van der Waals surface area (Å²) in [6.07, 6.45) is 4.31. The summed E-state index contributed by atoms with van der Waals surface area (Å²) >= 11 is 0. The van der Waals surface area contributed by atoms with Crippen LogP contribution in [0.25, 0.3) is 22.8 Å². The molecule has 174 valence electrons. The van der Waals surface area contributed by atoms with Crippen molar-refractivity contribution in [3.8, 4) is 22.8 Å². The highest BCUT2D eigenvalue weighted by atomic mass is 19.1. The van der Waals surface area contributed by atoms with Gasteiger partial charge in [0.25, 0.3) is 5.91 Å². The molecule has 3 aromatic heterocycles. The molecular formula is C25H25FN6O2. The van der Waals surface area contributed by atoms with Crippen molar-refractivity contribution >= 4 is 11.7 Å². The summed E-state index contributed by atoms with van der Waals surface area (Å²) in [7, 11) is 0.